The standard InChI is InChI=1S/C56H42/c1-2-14-37(15-3-1)52-45-21-8-10-23-47(45)53(48-24-11-9-22-46(48)52)39-17-12-16-38(32-39)49-33-51-55(44-20-7-6-19-43(44)49)54-42-18-5-4-13-36(42)25-26-50(54)56(51)40-28-34-27-35(30-40)31-41(56)29-34/h1-26,32-35,40-41H,27-31H2. The van der Waals surface area contributed by atoms with E-state index < -0.39 is 0 Å². The quantitative estimate of drug-likeness (QED) is 0.160. The second kappa shape index (κ2) is 11.5. The molecule has 0 N–H and O–H groups in total. The van der Waals surface area contributed by atoms with E-state index in [-0.39, 0.29) is 5.41 Å². The second-order valence-corrected chi connectivity index (χ2v) is 17.6. The van der Waals surface area contributed by atoms with Crippen LogP contribution in [-0.2, 0) is 5.41 Å². The lowest BCUT2D eigenvalue weighted by atomic mass is 9.43. The molecule has 4 bridgehead atoms. The van der Waals surface area contributed by atoms with E-state index in [1.807, 2.05) is 0 Å². The molecular formula is C56H42. The van der Waals surface area contributed by atoms with Crippen LogP contribution in [0.3, 0.4) is 0 Å². The number of benzene rings is 9. The SMILES string of the molecule is c1ccc(-c2c3ccccc3c(-c3cccc(-c4cc5c(c6ccccc46)-c4c(ccc6ccccc46)C54C5CC6CC(C5)CC4C6)c3)c3ccccc23)cc1. The van der Waals surface area contributed by atoms with Gasteiger partial charge >= 0.3 is 0 Å². The molecule has 0 heterocycles. The van der Waals surface area contributed by atoms with Crippen LogP contribution >= 0.6 is 0 Å². The molecule has 5 aliphatic carbocycles. The van der Waals surface area contributed by atoms with Crippen LogP contribution in [0.5, 0.6) is 0 Å². The van der Waals surface area contributed by atoms with Gasteiger partial charge in [0.2, 0.25) is 0 Å². The fraction of sp³-hybridized carbons (Fsp3) is 0.179. The first-order chi connectivity index (χ1) is 27.8. The molecule has 0 unspecified atom stereocenters. The highest BCUT2D eigenvalue weighted by molar-refractivity contribution is 6.22. The van der Waals surface area contributed by atoms with Crippen molar-refractivity contribution < 1.29 is 0 Å². The highest BCUT2D eigenvalue weighted by Crippen LogP contribution is 2.71. The van der Waals surface area contributed by atoms with Crippen molar-refractivity contribution in [2.24, 2.45) is 23.7 Å². The molecule has 0 saturated heterocycles. The molecule has 1 spiro atoms. The van der Waals surface area contributed by atoms with Gasteiger partial charge < -0.3 is 0 Å². The van der Waals surface area contributed by atoms with Crippen molar-refractivity contribution in [3.8, 4) is 44.5 Å². The molecular weight excluding hydrogens is 673 g/mol. The third kappa shape index (κ3) is 4.09. The van der Waals surface area contributed by atoms with Crippen molar-refractivity contribution in [2.75, 3.05) is 0 Å². The summed E-state index contributed by atoms with van der Waals surface area (Å²) >= 11 is 0. The van der Waals surface area contributed by atoms with Gasteiger partial charge in [0, 0.05) is 5.41 Å². The lowest BCUT2D eigenvalue weighted by Crippen LogP contribution is -2.55. The summed E-state index contributed by atoms with van der Waals surface area (Å²) in [5.41, 5.74) is 14.2. The summed E-state index contributed by atoms with van der Waals surface area (Å²) in [6.45, 7) is 0. The highest BCUT2D eigenvalue weighted by atomic mass is 14.6. The maximum absolute atomic E-state index is 2.71. The van der Waals surface area contributed by atoms with Crippen molar-refractivity contribution in [3.63, 3.8) is 0 Å². The van der Waals surface area contributed by atoms with Gasteiger partial charge in [-0.05, 0) is 167 Å². The molecule has 0 atom stereocenters. The van der Waals surface area contributed by atoms with Gasteiger partial charge in [-0.1, -0.05) is 158 Å². The van der Waals surface area contributed by atoms with Gasteiger partial charge in [0.1, 0.15) is 0 Å². The predicted molar refractivity (Wildman–Crippen MR) is 236 cm³/mol. The minimum Gasteiger partial charge on any atom is -0.0622 e. The Hall–Kier alpha value is -5.98. The Labute approximate surface area is 328 Å². The highest BCUT2D eigenvalue weighted by Gasteiger charge is 2.62. The van der Waals surface area contributed by atoms with E-state index >= 15 is 0 Å². The molecule has 9 aromatic carbocycles. The van der Waals surface area contributed by atoms with Crippen LogP contribution in [0.4, 0.5) is 0 Å². The zero-order valence-electron chi connectivity index (χ0n) is 31.5. The summed E-state index contributed by atoms with van der Waals surface area (Å²) in [5.74, 6) is 3.23. The van der Waals surface area contributed by atoms with Gasteiger partial charge in [0.25, 0.3) is 0 Å². The predicted octanol–water partition coefficient (Wildman–Crippen LogP) is 15.0. The molecule has 5 aliphatic rings. The summed E-state index contributed by atoms with van der Waals surface area (Å²) in [6, 6.07) is 64.8. The molecule has 0 heteroatoms. The van der Waals surface area contributed by atoms with Crippen molar-refractivity contribution in [1.82, 2.24) is 0 Å². The Balaban J connectivity index is 1.09. The van der Waals surface area contributed by atoms with Gasteiger partial charge in [-0.2, -0.15) is 0 Å². The largest absolute Gasteiger partial charge is 0.0622 e. The number of hydrogen-bond acceptors (Lipinski definition) is 0. The van der Waals surface area contributed by atoms with Gasteiger partial charge in [0.15, 0.2) is 0 Å². The summed E-state index contributed by atoms with van der Waals surface area (Å²) < 4.78 is 0. The Bertz CT molecular complexity index is 3010. The summed E-state index contributed by atoms with van der Waals surface area (Å²) in [5, 5.41) is 10.8. The zero-order valence-corrected chi connectivity index (χ0v) is 31.5. The third-order valence-corrected chi connectivity index (χ3v) is 15.0. The van der Waals surface area contributed by atoms with Crippen LogP contribution in [0.25, 0.3) is 87.6 Å². The zero-order chi connectivity index (χ0) is 36.5. The van der Waals surface area contributed by atoms with Gasteiger partial charge in [-0.25, -0.2) is 0 Å². The fourth-order valence-electron chi connectivity index (χ4n) is 13.2. The smallest absolute Gasteiger partial charge is 0.0272 e. The lowest BCUT2D eigenvalue weighted by molar-refractivity contribution is -0.0398. The van der Waals surface area contributed by atoms with Crippen LogP contribution in [0.1, 0.15) is 43.2 Å². The van der Waals surface area contributed by atoms with Crippen LogP contribution in [0.2, 0.25) is 0 Å². The van der Waals surface area contributed by atoms with E-state index in [0.29, 0.717) is 11.8 Å². The van der Waals surface area contributed by atoms with Crippen LogP contribution in [0.15, 0.2) is 170 Å². The first kappa shape index (κ1) is 31.2. The minimum atomic E-state index is 0.0815. The monoisotopic (exact) mass is 714 g/mol. The topological polar surface area (TPSA) is 0 Å². The van der Waals surface area contributed by atoms with E-state index in [9.17, 15) is 0 Å². The average Bonchev–Trinajstić information content (AvgIpc) is 3.55. The van der Waals surface area contributed by atoms with Gasteiger partial charge in [0.05, 0.1) is 0 Å². The second-order valence-electron chi connectivity index (χ2n) is 17.6. The first-order valence-corrected chi connectivity index (χ1v) is 20.9. The van der Waals surface area contributed by atoms with Crippen molar-refractivity contribution in [3.05, 3.63) is 181 Å². The summed E-state index contributed by atoms with van der Waals surface area (Å²) in [6.07, 6.45) is 7.00. The molecule has 4 saturated carbocycles. The fourth-order valence-corrected chi connectivity index (χ4v) is 13.2. The van der Waals surface area contributed by atoms with Gasteiger partial charge in [-0.3, -0.25) is 0 Å². The van der Waals surface area contributed by atoms with E-state index in [1.165, 1.54) is 120 Å². The maximum Gasteiger partial charge on any atom is 0.0272 e. The third-order valence-electron chi connectivity index (χ3n) is 15.0. The molecule has 14 rings (SSSR count). The lowest BCUT2D eigenvalue weighted by Gasteiger charge is -2.61. The molecule has 4 fully saturated rings. The van der Waals surface area contributed by atoms with E-state index in [2.05, 4.69) is 170 Å². The molecule has 0 aromatic heterocycles. The Morgan fingerprint density at radius 2 is 0.804 bits per heavy atom. The number of hydrogen-bond donors (Lipinski definition) is 0. The Morgan fingerprint density at radius 3 is 1.45 bits per heavy atom. The minimum absolute atomic E-state index is 0.0815. The van der Waals surface area contributed by atoms with Crippen molar-refractivity contribution in [2.45, 2.75) is 37.5 Å². The maximum atomic E-state index is 2.71. The summed E-state index contributed by atoms with van der Waals surface area (Å²) in [7, 11) is 0. The summed E-state index contributed by atoms with van der Waals surface area (Å²) in [4.78, 5) is 0. The molecule has 0 radical (unpaired) electrons. The molecule has 0 nitrogen and oxygen atoms in total. The van der Waals surface area contributed by atoms with E-state index in [1.54, 1.807) is 11.1 Å². The first-order valence-electron chi connectivity index (χ1n) is 20.9. The normalized spacial score (nSPS) is 23.1. The number of fused-ring (bicyclic) bond motifs is 9. The molecule has 9 aromatic rings. The molecule has 0 aliphatic heterocycles. The molecule has 0 amide bonds. The average molecular weight is 715 g/mol. The Kier molecular flexibility index (Phi) is 6.43. The van der Waals surface area contributed by atoms with E-state index in [4.69, 9.17) is 0 Å². The van der Waals surface area contributed by atoms with Crippen molar-refractivity contribution >= 4 is 43.1 Å². The molecule has 266 valence electrons. The Morgan fingerprint density at radius 1 is 0.321 bits per heavy atom. The van der Waals surface area contributed by atoms with Crippen LogP contribution in [0, 0.1) is 23.7 Å². The van der Waals surface area contributed by atoms with E-state index in [0.717, 1.165) is 11.8 Å². The molecule has 56 heavy (non-hydrogen) atoms. The van der Waals surface area contributed by atoms with Gasteiger partial charge in [-0.15, -0.1) is 0 Å². The van der Waals surface area contributed by atoms with Crippen LogP contribution in [-0.4, -0.2) is 0 Å². The van der Waals surface area contributed by atoms with Crippen molar-refractivity contribution in [1.29, 1.82) is 0 Å². The van der Waals surface area contributed by atoms with Crippen LogP contribution < -0.4 is 0 Å². The number of rotatable bonds is 3.